The van der Waals surface area contributed by atoms with Gasteiger partial charge in [0.15, 0.2) is 17.5 Å². The molecule has 12 aromatic rings. The maximum absolute atomic E-state index is 5.49. The van der Waals surface area contributed by atoms with Crippen LogP contribution in [0.5, 0.6) is 0 Å². The predicted molar refractivity (Wildman–Crippen MR) is 234 cm³/mol. The molecule has 0 radical (unpaired) electrons. The summed E-state index contributed by atoms with van der Waals surface area (Å²) in [5.74, 6) is 1.98. The lowest BCUT2D eigenvalue weighted by atomic mass is 9.94. The van der Waals surface area contributed by atoms with Gasteiger partial charge in [-0.3, -0.25) is 0 Å². The van der Waals surface area contributed by atoms with E-state index in [0.717, 1.165) is 32.8 Å². The lowest BCUT2D eigenvalue weighted by Gasteiger charge is -2.14. The van der Waals surface area contributed by atoms with E-state index in [1.54, 1.807) is 0 Å². The minimum absolute atomic E-state index is 0.652. The molecule has 55 heavy (non-hydrogen) atoms. The van der Waals surface area contributed by atoms with Crippen LogP contribution in [0.1, 0.15) is 0 Å². The first kappa shape index (κ1) is 30.5. The van der Waals surface area contributed by atoms with Crippen molar-refractivity contribution in [3.8, 4) is 34.2 Å². The van der Waals surface area contributed by atoms with Gasteiger partial charge in [0, 0.05) is 42.2 Å². The van der Waals surface area contributed by atoms with Gasteiger partial charge >= 0.3 is 0 Å². The molecule has 0 N–H and O–H groups in total. The van der Waals surface area contributed by atoms with Crippen molar-refractivity contribution in [2.45, 2.75) is 0 Å². The van der Waals surface area contributed by atoms with E-state index in [1.807, 2.05) is 11.3 Å². The third kappa shape index (κ3) is 4.65. The molecule has 0 unspecified atom stereocenters. The van der Waals surface area contributed by atoms with Crippen LogP contribution in [-0.4, -0.2) is 15.0 Å². The molecule has 0 aliphatic carbocycles. The highest BCUT2D eigenvalue weighted by atomic mass is 32.1. The van der Waals surface area contributed by atoms with Gasteiger partial charge in [-0.05, 0) is 83.5 Å². The Labute approximate surface area is 319 Å². The minimum Gasteiger partial charge on any atom is -0.208 e. The fraction of sp³-hybridized carbons (Fsp3) is 0. The standard InChI is InChI=1S/C51H29N3S/c1-2-14-33-27-36(24-21-30(33)11-1)49-52-50(42-28-34-15-5-6-16-37(34)40-19-9-10-20-41(40)42)54-51(53-49)43-29-35-23-22-31-12-3-7-17-38(31)45(35)48-47(43)46-39-18-8-4-13-32(39)25-26-44(46)55-48/h1-29H. The summed E-state index contributed by atoms with van der Waals surface area (Å²) in [7, 11) is 0. The maximum Gasteiger partial charge on any atom is 0.164 e. The molecule has 0 saturated heterocycles. The molecule has 0 saturated carbocycles. The maximum atomic E-state index is 5.49. The highest BCUT2D eigenvalue weighted by molar-refractivity contribution is 7.27. The molecule has 0 aliphatic rings. The molecule has 0 bridgehead atoms. The summed E-state index contributed by atoms with van der Waals surface area (Å²) >= 11 is 1.86. The van der Waals surface area contributed by atoms with Crippen molar-refractivity contribution < 1.29 is 0 Å². The summed E-state index contributed by atoms with van der Waals surface area (Å²) in [4.78, 5) is 16.2. The van der Waals surface area contributed by atoms with Crippen molar-refractivity contribution in [1.29, 1.82) is 0 Å². The molecular weight excluding hydrogens is 687 g/mol. The lowest BCUT2D eigenvalue weighted by molar-refractivity contribution is 1.08. The SMILES string of the molecule is c1ccc2cc(-c3nc(-c4cc5ccccc5c5ccccc45)nc(-c4cc5ccc6ccccc6c5c5sc6ccc7ccccc7c6c45)n3)ccc2c1. The van der Waals surface area contributed by atoms with Gasteiger partial charge in [-0.1, -0.05) is 152 Å². The summed E-state index contributed by atoms with van der Waals surface area (Å²) in [6.07, 6.45) is 0. The fourth-order valence-corrected chi connectivity index (χ4v) is 10.00. The van der Waals surface area contributed by atoms with Crippen molar-refractivity contribution >= 4 is 96.1 Å². The van der Waals surface area contributed by atoms with Crippen LogP contribution in [0.4, 0.5) is 0 Å². The van der Waals surface area contributed by atoms with Gasteiger partial charge in [0.1, 0.15) is 0 Å². The molecule has 254 valence electrons. The zero-order valence-corrected chi connectivity index (χ0v) is 30.3. The highest BCUT2D eigenvalue weighted by Gasteiger charge is 2.22. The second kappa shape index (κ2) is 11.7. The molecule has 10 aromatic carbocycles. The molecule has 2 heterocycles. The van der Waals surface area contributed by atoms with Crippen LogP contribution in [0.15, 0.2) is 176 Å². The Hall–Kier alpha value is -7.01. The van der Waals surface area contributed by atoms with E-state index in [-0.39, 0.29) is 0 Å². The predicted octanol–water partition coefficient (Wildman–Crippen LogP) is 14.2. The van der Waals surface area contributed by atoms with E-state index in [2.05, 4.69) is 176 Å². The average Bonchev–Trinajstić information content (AvgIpc) is 3.66. The number of nitrogens with zero attached hydrogens (tertiary/aromatic N) is 3. The normalized spacial score (nSPS) is 12.0. The molecular formula is C51H29N3S. The number of hydrogen-bond donors (Lipinski definition) is 0. The van der Waals surface area contributed by atoms with Crippen molar-refractivity contribution in [2.24, 2.45) is 0 Å². The first-order chi connectivity index (χ1) is 27.2. The Balaban J connectivity index is 1.24. The summed E-state index contributed by atoms with van der Waals surface area (Å²) in [6, 6.07) is 63.2. The van der Waals surface area contributed by atoms with E-state index in [4.69, 9.17) is 15.0 Å². The van der Waals surface area contributed by atoms with Crippen LogP contribution in [0.25, 0.3) is 119 Å². The van der Waals surface area contributed by atoms with Gasteiger partial charge in [0.25, 0.3) is 0 Å². The summed E-state index contributed by atoms with van der Waals surface area (Å²) in [5.41, 5.74) is 2.96. The number of rotatable bonds is 3. The van der Waals surface area contributed by atoms with E-state index in [1.165, 1.54) is 68.6 Å². The molecule has 4 heteroatoms. The third-order valence-corrected chi connectivity index (χ3v) is 12.4. The van der Waals surface area contributed by atoms with Gasteiger partial charge < -0.3 is 0 Å². The van der Waals surface area contributed by atoms with Crippen LogP contribution in [0.2, 0.25) is 0 Å². The molecule has 0 atom stereocenters. The Morgan fingerprint density at radius 2 is 0.836 bits per heavy atom. The van der Waals surface area contributed by atoms with Gasteiger partial charge in [-0.25, -0.2) is 15.0 Å². The molecule has 12 rings (SSSR count). The molecule has 0 fully saturated rings. The van der Waals surface area contributed by atoms with Crippen LogP contribution < -0.4 is 0 Å². The van der Waals surface area contributed by atoms with Gasteiger partial charge in [-0.15, -0.1) is 11.3 Å². The first-order valence-electron chi connectivity index (χ1n) is 18.6. The molecule has 2 aromatic heterocycles. The number of aromatic nitrogens is 3. The molecule has 3 nitrogen and oxygen atoms in total. The van der Waals surface area contributed by atoms with Crippen LogP contribution >= 0.6 is 11.3 Å². The van der Waals surface area contributed by atoms with E-state index in [0.29, 0.717) is 17.5 Å². The van der Waals surface area contributed by atoms with Gasteiger partial charge in [-0.2, -0.15) is 0 Å². The summed E-state index contributed by atoms with van der Waals surface area (Å²) < 4.78 is 2.50. The zero-order chi connectivity index (χ0) is 36.0. The van der Waals surface area contributed by atoms with E-state index >= 15 is 0 Å². The largest absolute Gasteiger partial charge is 0.208 e. The molecule has 0 aliphatic heterocycles. The van der Waals surface area contributed by atoms with Crippen LogP contribution in [0, 0.1) is 0 Å². The average molecular weight is 716 g/mol. The monoisotopic (exact) mass is 715 g/mol. The Bertz CT molecular complexity index is 3560. The van der Waals surface area contributed by atoms with Crippen molar-refractivity contribution in [3.05, 3.63) is 176 Å². The van der Waals surface area contributed by atoms with Crippen molar-refractivity contribution in [1.82, 2.24) is 15.0 Å². The Morgan fingerprint density at radius 1 is 0.309 bits per heavy atom. The third-order valence-electron chi connectivity index (χ3n) is 11.2. The number of thiophene rings is 1. The smallest absolute Gasteiger partial charge is 0.164 e. The Kier molecular flexibility index (Phi) is 6.50. The molecule has 0 amide bonds. The molecule has 0 spiro atoms. The quantitative estimate of drug-likeness (QED) is 0.171. The summed E-state index contributed by atoms with van der Waals surface area (Å²) in [6.45, 7) is 0. The fourth-order valence-electron chi connectivity index (χ4n) is 8.68. The van der Waals surface area contributed by atoms with Gasteiger partial charge in [0.2, 0.25) is 0 Å². The van der Waals surface area contributed by atoms with Crippen molar-refractivity contribution in [3.63, 3.8) is 0 Å². The van der Waals surface area contributed by atoms with E-state index in [9.17, 15) is 0 Å². The lowest BCUT2D eigenvalue weighted by Crippen LogP contribution is -2.01. The second-order valence-electron chi connectivity index (χ2n) is 14.3. The number of fused-ring (bicyclic) bond motifs is 13. The topological polar surface area (TPSA) is 38.7 Å². The zero-order valence-electron chi connectivity index (χ0n) is 29.5. The van der Waals surface area contributed by atoms with E-state index < -0.39 is 0 Å². The van der Waals surface area contributed by atoms with Gasteiger partial charge in [0.05, 0.1) is 0 Å². The number of benzene rings is 10. The van der Waals surface area contributed by atoms with Crippen molar-refractivity contribution in [2.75, 3.05) is 0 Å². The number of hydrogen-bond acceptors (Lipinski definition) is 4. The first-order valence-corrected chi connectivity index (χ1v) is 19.4. The van der Waals surface area contributed by atoms with Crippen LogP contribution in [0.3, 0.4) is 0 Å². The second-order valence-corrected chi connectivity index (χ2v) is 15.4. The minimum atomic E-state index is 0.652. The highest BCUT2D eigenvalue weighted by Crippen LogP contribution is 2.48. The van der Waals surface area contributed by atoms with Crippen LogP contribution in [-0.2, 0) is 0 Å². The summed E-state index contributed by atoms with van der Waals surface area (Å²) in [5, 5.41) is 16.8. The Morgan fingerprint density at radius 3 is 1.62 bits per heavy atom.